The fraction of sp³-hybridized carbons (Fsp3) is 0.136. The van der Waals surface area contributed by atoms with Gasteiger partial charge in [0.05, 0.1) is 23.5 Å². The van der Waals surface area contributed by atoms with Crippen molar-refractivity contribution in [1.29, 1.82) is 0 Å². The van der Waals surface area contributed by atoms with Crippen LogP contribution in [0.4, 0.5) is 10.2 Å². The van der Waals surface area contributed by atoms with Crippen LogP contribution in [0.2, 0.25) is 0 Å². The molecule has 2 aromatic carbocycles. The van der Waals surface area contributed by atoms with Crippen LogP contribution in [0.3, 0.4) is 0 Å². The van der Waals surface area contributed by atoms with Crippen LogP contribution >= 0.6 is 0 Å². The Morgan fingerprint density at radius 2 is 1.83 bits per heavy atom. The van der Waals surface area contributed by atoms with Crippen molar-refractivity contribution in [3.05, 3.63) is 83.9 Å². The Morgan fingerprint density at radius 3 is 2.59 bits per heavy atom. The standard InChI is InChI=1S/C22H20FN5O/c1-15-5-3-4-6-19(15)20-14-21(27(2)26-20)24-22(29)13-17-11-12-28(25-17)18-9-7-16(23)8-10-18/h3-12,14H,13H2,1-2H3,(H,24,29). The highest BCUT2D eigenvalue weighted by atomic mass is 19.1. The van der Waals surface area contributed by atoms with Gasteiger partial charge < -0.3 is 5.32 Å². The van der Waals surface area contributed by atoms with Crippen LogP contribution in [0.1, 0.15) is 11.3 Å². The van der Waals surface area contributed by atoms with Crippen LogP contribution in [-0.2, 0) is 18.3 Å². The average molecular weight is 389 g/mol. The predicted molar refractivity (Wildman–Crippen MR) is 109 cm³/mol. The number of nitrogens with one attached hydrogen (secondary N) is 1. The largest absolute Gasteiger partial charge is 0.311 e. The third-order valence-electron chi connectivity index (χ3n) is 4.65. The van der Waals surface area contributed by atoms with Gasteiger partial charge in [-0.3, -0.25) is 9.48 Å². The van der Waals surface area contributed by atoms with E-state index in [2.05, 4.69) is 15.5 Å². The molecule has 0 saturated heterocycles. The van der Waals surface area contributed by atoms with Crippen LogP contribution in [0.5, 0.6) is 0 Å². The van der Waals surface area contributed by atoms with Crippen molar-refractivity contribution in [2.75, 3.05) is 5.32 Å². The van der Waals surface area contributed by atoms with E-state index in [0.29, 0.717) is 11.5 Å². The number of rotatable bonds is 5. The minimum atomic E-state index is -0.304. The predicted octanol–water partition coefficient (Wildman–Crippen LogP) is 3.90. The molecule has 6 nitrogen and oxygen atoms in total. The number of aromatic nitrogens is 4. The van der Waals surface area contributed by atoms with Crippen LogP contribution in [0.15, 0.2) is 66.9 Å². The smallest absolute Gasteiger partial charge is 0.231 e. The van der Waals surface area contributed by atoms with Gasteiger partial charge in [-0.05, 0) is 42.8 Å². The molecule has 0 fully saturated rings. The van der Waals surface area contributed by atoms with E-state index in [1.165, 1.54) is 12.1 Å². The third-order valence-corrected chi connectivity index (χ3v) is 4.65. The number of hydrogen-bond donors (Lipinski definition) is 1. The maximum absolute atomic E-state index is 13.1. The molecule has 0 saturated carbocycles. The molecule has 0 spiro atoms. The summed E-state index contributed by atoms with van der Waals surface area (Å²) >= 11 is 0. The zero-order chi connectivity index (χ0) is 20.4. The summed E-state index contributed by atoms with van der Waals surface area (Å²) in [6.07, 6.45) is 1.87. The normalized spacial score (nSPS) is 10.9. The lowest BCUT2D eigenvalue weighted by molar-refractivity contribution is -0.115. The van der Waals surface area contributed by atoms with E-state index in [1.807, 2.05) is 37.3 Å². The Bertz CT molecular complexity index is 1160. The van der Waals surface area contributed by atoms with Crippen molar-refractivity contribution in [1.82, 2.24) is 19.6 Å². The monoisotopic (exact) mass is 389 g/mol. The molecule has 1 amide bonds. The summed E-state index contributed by atoms with van der Waals surface area (Å²) in [5.74, 6) is 0.127. The van der Waals surface area contributed by atoms with Crippen molar-refractivity contribution in [3.8, 4) is 16.9 Å². The molecule has 0 aliphatic carbocycles. The minimum Gasteiger partial charge on any atom is -0.311 e. The summed E-state index contributed by atoms with van der Waals surface area (Å²) in [6.45, 7) is 2.03. The molecular formula is C22H20FN5O. The maximum Gasteiger partial charge on any atom is 0.231 e. The van der Waals surface area contributed by atoms with Gasteiger partial charge in [-0.2, -0.15) is 10.2 Å². The van der Waals surface area contributed by atoms with E-state index in [-0.39, 0.29) is 18.1 Å². The van der Waals surface area contributed by atoms with Crippen LogP contribution in [0, 0.1) is 12.7 Å². The highest BCUT2D eigenvalue weighted by Crippen LogP contribution is 2.24. The van der Waals surface area contributed by atoms with E-state index in [1.54, 1.807) is 40.8 Å². The maximum atomic E-state index is 13.1. The summed E-state index contributed by atoms with van der Waals surface area (Å²) in [6, 6.07) is 17.6. The molecule has 2 heterocycles. The average Bonchev–Trinajstić information content (AvgIpc) is 3.30. The van der Waals surface area contributed by atoms with E-state index in [0.717, 1.165) is 22.5 Å². The number of carbonyl (C=O) groups excluding carboxylic acids is 1. The topological polar surface area (TPSA) is 64.7 Å². The van der Waals surface area contributed by atoms with Gasteiger partial charge >= 0.3 is 0 Å². The quantitative estimate of drug-likeness (QED) is 0.563. The molecule has 146 valence electrons. The Kier molecular flexibility index (Phi) is 4.95. The first-order valence-electron chi connectivity index (χ1n) is 9.20. The minimum absolute atomic E-state index is 0.124. The second kappa shape index (κ2) is 7.71. The molecule has 2 aromatic heterocycles. The van der Waals surface area contributed by atoms with E-state index in [9.17, 15) is 9.18 Å². The number of hydrogen-bond acceptors (Lipinski definition) is 3. The molecule has 4 aromatic rings. The molecule has 0 aliphatic rings. The molecule has 7 heteroatoms. The zero-order valence-corrected chi connectivity index (χ0v) is 16.1. The summed E-state index contributed by atoms with van der Waals surface area (Å²) in [5, 5.41) is 11.8. The Hall–Kier alpha value is -3.74. The summed E-state index contributed by atoms with van der Waals surface area (Å²) in [5.41, 5.74) is 4.30. The first-order valence-corrected chi connectivity index (χ1v) is 9.20. The van der Waals surface area contributed by atoms with E-state index >= 15 is 0 Å². The molecule has 1 N–H and O–H groups in total. The highest BCUT2D eigenvalue weighted by molar-refractivity contribution is 5.91. The van der Waals surface area contributed by atoms with Crippen molar-refractivity contribution in [2.24, 2.45) is 7.05 Å². The number of carbonyl (C=O) groups is 1. The molecular weight excluding hydrogens is 369 g/mol. The summed E-state index contributed by atoms with van der Waals surface area (Å²) in [7, 11) is 1.79. The highest BCUT2D eigenvalue weighted by Gasteiger charge is 2.13. The van der Waals surface area contributed by atoms with Gasteiger partial charge in [0.2, 0.25) is 5.91 Å². The summed E-state index contributed by atoms with van der Waals surface area (Å²) < 4.78 is 16.3. The lowest BCUT2D eigenvalue weighted by Gasteiger charge is -2.04. The lowest BCUT2D eigenvalue weighted by Crippen LogP contribution is -2.17. The molecule has 0 bridgehead atoms. The second-order valence-corrected chi connectivity index (χ2v) is 6.81. The summed E-state index contributed by atoms with van der Waals surface area (Å²) in [4.78, 5) is 12.5. The second-order valence-electron chi connectivity index (χ2n) is 6.81. The molecule has 0 radical (unpaired) electrons. The molecule has 29 heavy (non-hydrogen) atoms. The number of benzene rings is 2. The van der Waals surface area contributed by atoms with Gasteiger partial charge in [-0.15, -0.1) is 0 Å². The van der Waals surface area contributed by atoms with Gasteiger partial charge in [0, 0.05) is 24.9 Å². The van der Waals surface area contributed by atoms with E-state index < -0.39 is 0 Å². The SMILES string of the molecule is Cc1ccccc1-c1cc(NC(=O)Cc2ccn(-c3ccc(F)cc3)n2)n(C)n1. The fourth-order valence-electron chi connectivity index (χ4n) is 3.12. The van der Waals surface area contributed by atoms with E-state index in [4.69, 9.17) is 0 Å². The Balaban J connectivity index is 1.45. The van der Waals surface area contributed by atoms with Gasteiger partial charge in [-0.25, -0.2) is 9.07 Å². The lowest BCUT2D eigenvalue weighted by atomic mass is 10.1. The first-order chi connectivity index (χ1) is 14.0. The number of nitrogens with zero attached hydrogens (tertiary/aromatic N) is 4. The van der Waals surface area contributed by atoms with Gasteiger partial charge in [0.15, 0.2) is 0 Å². The zero-order valence-electron chi connectivity index (χ0n) is 16.1. The molecule has 0 aliphatic heterocycles. The Labute approximate surface area is 167 Å². The van der Waals surface area contributed by atoms with Crippen molar-refractivity contribution >= 4 is 11.7 Å². The number of amides is 1. The van der Waals surface area contributed by atoms with Crippen molar-refractivity contribution in [2.45, 2.75) is 13.3 Å². The van der Waals surface area contributed by atoms with Crippen molar-refractivity contribution < 1.29 is 9.18 Å². The van der Waals surface area contributed by atoms with Crippen molar-refractivity contribution in [3.63, 3.8) is 0 Å². The fourth-order valence-corrected chi connectivity index (χ4v) is 3.12. The van der Waals surface area contributed by atoms with Gasteiger partial charge in [0.25, 0.3) is 0 Å². The Morgan fingerprint density at radius 1 is 1.07 bits per heavy atom. The van der Waals surface area contributed by atoms with Crippen LogP contribution in [0.25, 0.3) is 16.9 Å². The molecule has 4 rings (SSSR count). The van der Waals surface area contributed by atoms with Gasteiger partial charge in [-0.1, -0.05) is 24.3 Å². The number of halogens is 1. The number of aryl methyl sites for hydroxylation is 2. The molecule has 0 atom stereocenters. The van der Waals surface area contributed by atoms with Crippen LogP contribution < -0.4 is 5.32 Å². The van der Waals surface area contributed by atoms with Gasteiger partial charge in [0.1, 0.15) is 11.6 Å². The number of anilines is 1. The molecule has 0 unspecified atom stereocenters. The first kappa shape index (κ1) is 18.6. The van der Waals surface area contributed by atoms with Crippen LogP contribution in [-0.4, -0.2) is 25.5 Å². The third kappa shape index (κ3) is 4.08.